The molecular formula is C19H19NO2S. The molecule has 3 heterocycles. The fraction of sp³-hybridized carbons (Fsp3) is 0.316. The zero-order valence-corrected chi connectivity index (χ0v) is 14.3. The van der Waals surface area contributed by atoms with Crippen LogP contribution in [0.5, 0.6) is 0 Å². The molecule has 0 unspecified atom stereocenters. The molecule has 118 valence electrons. The van der Waals surface area contributed by atoms with E-state index < -0.39 is 11.4 Å². The number of nitrogens with zero attached hydrogens (tertiary/aromatic N) is 1. The first-order chi connectivity index (χ1) is 11.0. The van der Waals surface area contributed by atoms with E-state index in [4.69, 9.17) is 9.47 Å². The van der Waals surface area contributed by atoms with Crippen LogP contribution < -0.4 is 0 Å². The third-order valence-corrected chi connectivity index (χ3v) is 5.26. The van der Waals surface area contributed by atoms with Crippen molar-refractivity contribution in [2.24, 2.45) is 0 Å². The number of benzene rings is 1. The number of thiophene rings is 1. The average Bonchev–Trinajstić information content (AvgIpc) is 3.12. The lowest BCUT2D eigenvalue weighted by Gasteiger charge is -2.25. The SMILES string of the molecule is CC1(C)OC[C@@](C)(c2ccnc(-c3cccc4ccsc34)c2)O1. The first-order valence-corrected chi connectivity index (χ1v) is 8.62. The molecule has 1 aliphatic heterocycles. The molecule has 23 heavy (non-hydrogen) atoms. The van der Waals surface area contributed by atoms with Gasteiger partial charge >= 0.3 is 0 Å². The Labute approximate surface area is 139 Å². The molecule has 0 saturated carbocycles. The van der Waals surface area contributed by atoms with E-state index in [1.807, 2.05) is 26.1 Å². The van der Waals surface area contributed by atoms with Gasteiger partial charge in [-0.25, -0.2) is 0 Å². The van der Waals surface area contributed by atoms with Crippen molar-refractivity contribution in [1.29, 1.82) is 0 Å². The first kappa shape index (κ1) is 14.8. The summed E-state index contributed by atoms with van der Waals surface area (Å²) >= 11 is 1.75. The Hall–Kier alpha value is -1.75. The molecule has 2 aromatic heterocycles. The average molecular weight is 325 g/mol. The van der Waals surface area contributed by atoms with Crippen LogP contribution in [-0.4, -0.2) is 17.4 Å². The van der Waals surface area contributed by atoms with E-state index in [0.717, 1.165) is 11.3 Å². The summed E-state index contributed by atoms with van der Waals surface area (Å²) in [5.41, 5.74) is 2.80. The minimum absolute atomic E-state index is 0.440. The Balaban J connectivity index is 1.79. The molecule has 0 aliphatic carbocycles. The van der Waals surface area contributed by atoms with Crippen LogP contribution in [0.1, 0.15) is 26.3 Å². The van der Waals surface area contributed by atoms with E-state index in [2.05, 4.69) is 47.6 Å². The van der Waals surface area contributed by atoms with E-state index in [1.54, 1.807) is 11.3 Å². The molecule has 1 aromatic carbocycles. The zero-order chi connectivity index (χ0) is 16.1. The second-order valence-electron chi connectivity index (χ2n) is 6.60. The van der Waals surface area contributed by atoms with Gasteiger partial charge in [0.25, 0.3) is 0 Å². The summed E-state index contributed by atoms with van der Waals surface area (Å²) in [6.07, 6.45) is 1.86. The number of rotatable bonds is 2. The standard InChI is InChI=1S/C19H19NO2S/c1-18(2)21-12-19(3,22-18)14-7-9-20-16(11-14)15-6-4-5-13-8-10-23-17(13)15/h4-11H,12H2,1-3H3/t19-/m0/s1. The van der Waals surface area contributed by atoms with Crippen LogP contribution in [0.25, 0.3) is 21.3 Å². The summed E-state index contributed by atoms with van der Waals surface area (Å²) in [6.45, 7) is 6.53. The van der Waals surface area contributed by atoms with Crippen molar-refractivity contribution in [3.8, 4) is 11.3 Å². The molecule has 0 amide bonds. The lowest BCUT2D eigenvalue weighted by atomic mass is 9.96. The monoisotopic (exact) mass is 325 g/mol. The largest absolute Gasteiger partial charge is 0.347 e. The fourth-order valence-electron chi connectivity index (χ4n) is 3.16. The van der Waals surface area contributed by atoms with E-state index in [0.29, 0.717) is 6.61 Å². The van der Waals surface area contributed by atoms with Gasteiger partial charge in [0.05, 0.1) is 12.3 Å². The summed E-state index contributed by atoms with van der Waals surface area (Å²) in [5, 5.41) is 3.38. The van der Waals surface area contributed by atoms with Crippen LogP contribution in [0.2, 0.25) is 0 Å². The number of aromatic nitrogens is 1. The van der Waals surface area contributed by atoms with Gasteiger partial charge in [-0.2, -0.15) is 0 Å². The molecular weight excluding hydrogens is 306 g/mol. The third-order valence-electron chi connectivity index (χ3n) is 4.29. The Morgan fingerprint density at radius 2 is 2.00 bits per heavy atom. The number of pyridine rings is 1. The van der Waals surface area contributed by atoms with Crippen molar-refractivity contribution in [3.05, 3.63) is 53.5 Å². The molecule has 4 heteroatoms. The fourth-order valence-corrected chi connectivity index (χ4v) is 4.08. The van der Waals surface area contributed by atoms with Gasteiger partial charge in [-0.1, -0.05) is 18.2 Å². The molecule has 1 atom stereocenters. The van der Waals surface area contributed by atoms with Crippen molar-refractivity contribution in [1.82, 2.24) is 4.98 Å². The molecule has 1 fully saturated rings. The number of hydrogen-bond acceptors (Lipinski definition) is 4. The first-order valence-electron chi connectivity index (χ1n) is 7.74. The molecule has 3 aromatic rings. The van der Waals surface area contributed by atoms with Crippen LogP contribution in [-0.2, 0) is 15.1 Å². The van der Waals surface area contributed by atoms with Gasteiger partial charge in [0.1, 0.15) is 5.60 Å². The van der Waals surface area contributed by atoms with Gasteiger partial charge in [0, 0.05) is 16.5 Å². The zero-order valence-electron chi connectivity index (χ0n) is 13.5. The van der Waals surface area contributed by atoms with E-state index in [1.165, 1.54) is 15.6 Å². The van der Waals surface area contributed by atoms with Crippen molar-refractivity contribution < 1.29 is 9.47 Å². The Morgan fingerprint density at radius 3 is 2.78 bits per heavy atom. The van der Waals surface area contributed by atoms with Crippen LogP contribution >= 0.6 is 11.3 Å². The predicted octanol–water partition coefficient (Wildman–Crippen LogP) is 4.96. The summed E-state index contributed by atoms with van der Waals surface area (Å²) in [6, 6.07) is 12.6. The number of ether oxygens (including phenoxy) is 2. The second kappa shape index (κ2) is 5.13. The lowest BCUT2D eigenvalue weighted by Crippen LogP contribution is -2.28. The molecule has 0 spiro atoms. The van der Waals surface area contributed by atoms with Crippen molar-refractivity contribution >= 4 is 21.4 Å². The molecule has 0 N–H and O–H groups in total. The van der Waals surface area contributed by atoms with Gasteiger partial charge < -0.3 is 9.47 Å². The van der Waals surface area contributed by atoms with Crippen LogP contribution in [0, 0.1) is 0 Å². The highest BCUT2D eigenvalue weighted by atomic mass is 32.1. The van der Waals surface area contributed by atoms with E-state index >= 15 is 0 Å². The van der Waals surface area contributed by atoms with Crippen molar-refractivity contribution in [2.75, 3.05) is 6.61 Å². The quantitative estimate of drug-likeness (QED) is 0.667. The third kappa shape index (κ3) is 2.57. The topological polar surface area (TPSA) is 31.4 Å². The summed E-state index contributed by atoms with van der Waals surface area (Å²) in [7, 11) is 0. The highest BCUT2D eigenvalue weighted by molar-refractivity contribution is 7.17. The highest BCUT2D eigenvalue weighted by Gasteiger charge is 2.43. The summed E-state index contributed by atoms with van der Waals surface area (Å²) < 4.78 is 13.2. The summed E-state index contributed by atoms with van der Waals surface area (Å²) in [5.74, 6) is -0.550. The molecule has 4 rings (SSSR count). The van der Waals surface area contributed by atoms with Gasteiger partial charge in [-0.15, -0.1) is 11.3 Å². The Bertz CT molecular complexity index is 870. The normalized spacial score (nSPS) is 23.4. The van der Waals surface area contributed by atoms with Crippen LogP contribution in [0.3, 0.4) is 0 Å². The Morgan fingerprint density at radius 1 is 1.13 bits per heavy atom. The van der Waals surface area contributed by atoms with Crippen molar-refractivity contribution in [3.63, 3.8) is 0 Å². The maximum Gasteiger partial charge on any atom is 0.164 e. The lowest BCUT2D eigenvalue weighted by molar-refractivity contribution is -0.159. The minimum atomic E-state index is -0.550. The number of hydrogen-bond donors (Lipinski definition) is 0. The molecule has 1 saturated heterocycles. The van der Waals surface area contributed by atoms with Gasteiger partial charge in [0.15, 0.2) is 5.79 Å². The van der Waals surface area contributed by atoms with Crippen LogP contribution in [0.4, 0.5) is 0 Å². The van der Waals surface area contributed by atoms with Gasteiger partial charge in [0.2, 0.25) is 0 Å². The molecule has 3 nitrogen and oxygen atoms in total. The minimum Gasteiger partial charge on any atom is -0.347 e. The smallest absolute Gasteiger partial charge is 0.164 e. The van der Waals surface area contributed by atoms with Crippen LogP contribution in [0.15, 0.2) is 48.0 Å². The molecule has 0 bridgehead atoms. The van der Waals surface area contributed by atoms with Gasteiger partial charge in [-0.05, 0) is 55.3 Å². The molecule has 0 radical (unpaired) electrons. The van der Waals surface area contributed by atoms with E-state index in [9.17, 15) is 0 Å². The number of fused-ring (bicyclic) bond motifs is 1. The summed E-state index contributed by atoms with van der Waals surface area (Å²) in [4.78, 5) is 4.59. The molecule has 1 aliphatic rings. The maximum atomic E-state index is 6.14. The van der Waals surface area contributed by atoms with Crippen molar-refractivity contribution in [2.45, 2.75) is 32.2 Å². The maximum absolute atomic E-state index is 6.14. The van der Waals surface area contributed by atoms with Gasteiger partial charge in [-0.3, -0.25) is 4.98 Å². The Kier molecular flexibility index (Phi) is 3.30. The highest BCUT2D eigenvalue weighted by Crippen LogP contribution is 2.40. The van der Waals surface area contributed by atoms with E-state index in [-0.39, 0.29) is 0 Å². The predicted molar refractivity (Wildman–Crippen MR) is 93.5 cm³/mol. The second-order valence-corrected chi connectivity index (χ2v) is 7.51.